The number of phenols is 1. The van der Waals surface area contributed by atoms with Gasteiger partial charge in [0.1, 0.15) is 11.6 Å². The molecule has 2 rings (SSSR count). The average Bonchev–Trinajstić information content (AvgIpc) is 2.49. The molecule has 5 nitrogen and oxygen atoms in total. The maximum absolute atomic E-state index is 14.4. The summed E-state index contributed by atoms with van der Waals surface area (Å²) in [6, 6.07) is 1.53. The minimum atomic E-state index is -2.96. The van der Waals surface area contributed by atoms with Gasteiger partial charge < -0.3 is 15.3 Å². The Labute approximate surface area is 146 Å². The first-order chi connectivity index (χ1) is 11.5. The molecule has 3 unspecified atom stereocenters. The fourth-order valence-electron chi connectivity index (χ4n) is 3.64. The van der Waals surface area contributed by atoms with Crippen molar-refractivity contribution >= 4 is 23.5 Å². The summed E-state index contributed by atoms with van der Waals surface area (Å²) in [4.78, 5) is 23.6. The lowest BCUT2D eigenvalue weighted by molar-refractivity contribution is -0.167. The predicted octanol–water partition coefficient (Wildman–Crippen LogP) is 3.66. The van der Waals surface area contributed by atoms with Gasteiger partial charge in [-0.25, -0.2) is 13.2 Å². The van der Waals surface area contributed by atoms with Crippen LogP contribution in [-0.4, -0.2) is 33.7 Å². The lowest BCUT2D eigenvalue weighted by Crippen LogP contribution is -2.53. The van der Waals surface area contributed by atoms with E-state index < -0.39 is 71.5 Å². The zero-order valence-corrected chi connectivity index (χ0v) is 13.9. The molecule has 25 heavy (non-hydrogen) atoms. The molecule has 0 radical (unpaired) electrons. The summed E-state index contributed by atoms with van der Waals surface area (Å²) < 4.78 is 40.9. The summed E-state index contributed by atoms with van der Waals surface area (Å²) in [6.45, 7) is 1.04. The first-order valence-corrected chi connectivity index (χ1v) is 7.77. The van der Waals surface area contributed by atoms with Gasteiger partial charge in [-0.2, -0.15) is 0 Å². The van der Waals surface area contributed by atoms with Crippen LogP contribution >= 0.6 is 11.6 Å². The van der Waals surface area contributed by atoms with Gasteiger partial charge >= 0.3 is 11.9 Å². The van der Waals surface area contributed by atoms with Gasteiger partial charge in [-0.1, -0.05) is 11.6 Å². The highest BCUT2D eigenvalue weighted by Crippen LogP contribution is 2.54. The van der Waals surface area contributed by atoms with Gasteiger partial charge in [-0.15, -0.1) is 0 Å². The van der Waals surface area contributed by atoms with Gasteiger partial charge in [-0.3, -0.25) is 9.59 Å². The lowest BCUT2D eigenvalue weighted by atomic mass is 9.55. The van der Waals surface area contributed by atoms with Crippen molar-refractivity contribution in [2.75, 3.05) is 0 Å². The van der Waals surface area contributed by atoms with Gasteiger partial charge in [0, 0.05) is 11.5 Å². The van der Waals surface area contributed by atoms with Crippen LogP contribution in [-0.2, 0) is 15.0 Å². The molecule has 0 bridgehead atoms. The third-order valence-corrected chi connectivity index (χ3v) is 5.43. The number of carboxylic acid groups (broad SMARTS) is 2. The van der Waals surface area contributed by atoms with E-state index in [0.717, 1.165) is 13.0 Å². The van der Waals surface area contributed by atoms with Gasteiger partial charge in [-0.05, 0) is 38.3 Å². The van der Waals surface area contributed by atoms with Crippen LogP contribution in [0.2, 0.25) is 5.02 Å². The maximum Gasteiger partial charge on any atom is 0.314 e. The predicted molar refractivity (Wildman–Crippen MR) is 81.5 cm³/mol. The summed E-state index contributed by atoms with van der Waals surface area (Å²) in [5.41, 5.74) is -4.61. The molecule has 1 saturated carbocycles. The normalized spacial score (nSPS) is 29.6. The van der Waals surface area contributed by atoms with E-state index in [4.69, 9.17) is 11.6 Å². The summed E-state index contributed by atoms with van der Waals surface area (Å²) in [7, 11) is 0. The largest absolute Gasteiger partial charge is 0.506 e. The molecule has 1 aliphatic rings. The molecule has 1 aromatic carbocycles. The van der Waals surface area contributed by atoms with Gasteiger partial charge in [0.25, 0.3) is 0 Å². The van der Waals surface area contributed by atoms with Crippen LogP contribution in [0.25, 0.3) is 0 Å². The number of aliphatic carboxylic acids is 2. The number of phenolic OH excluding ortho intramolecular Hbond substituents is 1. The molecule has 3 N–H and O–H groups in total. The third-order valence-electron chi connectivity index (χ3n) is 5.12. The maximum atomic E-state index is 14.4. The highest BCUT2D eigenvalue weighted by molar-refractivity contribution is 6.32. The van der Waals surface area contributed by atoms with Crippen molar-refractivity contribution in [3.05, 3.63) is 28.5 Å². The Morgan fingerprint density at radius 3 is 2.36 bits per heavy atom. The van der Waals surface area contributed by atoms with Crippen LogP contribution in [0.3, 0.4) is 0 Å². The van der Waals surface area contributed by atoms with Crippen molar-refractivity contribution in [2.24, 2.45) is 11.3 Å². The molecule has 1 fully saturated rings. The van der Waals surface area contributed by atoms with E-state index in [-0.39, 0.29) is 5.02 Å². The number of carbonyl (C=O) groups is 2. The summed E-state index contributed by atoms with van der Waals surface area (Å²) >= 11 is 5.59. The summed E-state index contributed by atoms with van der Waals surface area (Å²) in [6.07, 6.45) is -4.51. The van der Waals surface area contributed by atoms with Gasteiger partial charge in [0.05, 0.1) is 15.9 Å². The number of hydrogen-bond acceptors (Lipinski definition) is 3. The van der Waals surface area contributed by atoms with Gasteiger partial charge in [0.15, 0.2) is 0 Å². The van der Waals surface area contributed by atoms with Crippen LogP contribution in [0, 0.1) is 17.2 Å². The first-order valence-electron chi connectivity index (χ1n) is 7.39. The first kappa shape index (κ1) is 19.4. The molecule has 0 aromatic heterocycles. The van der Waals surface area contributed by atoms with E-state index in [2.05, 4.69) is 0 Å². The average molecular weight is 381 g/mol. The van der Waals surface area contributed by atoms with Crippen LogP contribution in [0.1, 0.15) is 31.7 Å². The Morgan fingerprint density at radius 2 is 1.88 bits per heavy atom. The van der Waals surface area contributed by atoms with Crippen LogP contribution in [0.15, 0.2) is 12.1 Å². The number of carboxylic acids is 2. The fourth-order valence-corrected chi connectivity index (χ4v) is 3.79. The van der Waals surface area contributed by atoms with Crippen LogP contribution in [0.5, 0.6) is 5.75 Å². The standard InChI is InChI=1S/C16H16ClF3O5/c1-15(13(22)23)6-16(14(24)25,3-2-7(15)12(19)20)8-4-11(21)9(17)5-10(8)18/h4-5,7,12,21H,2-3,6H2,1H3,(H,22,23)(H,24,25). The second-order valence-corrected chi connectivity index (χ2v) is 6.96. The molecule has 0 amide bonds. The zero-order valence-electron chi connectivity index (χ0n) is 13.1. The van der Waals surface area contributed by atoms with Crippen molar-refractivity contribution in [1.82, 2.24) is 0 Å². The number of rotatable bonds is 4. The van der Waals surface area contributed by atoms with Gasteiger partial charge in [0.2, 0.25) is 6.43 Å². The molecule has 0 aliphatic heterocycles. The number of hydrogen-bond donors (Lipinski definition) is 3. The summed E-state index contributed by atoms with van der Waals surface area (Å²) in [5.74, 6) is -6.32. The van der Waals surface area contributed by atoms with E-state index in [9.17, 15) is 38.1 Å². The topological polar surface area (TPSA) is 94.8 Å². The molecular weight excluding hydrogens is 365 g/mol. The third kappa shape index (κ3) is 3.03. The SMILES string of the molecule is CC1(C(=O)O)CC(C(=O)O)(c2cc(O)c(Cl)cc2F)CCC1C(F)F. The highest BCUT2D eigenvalue weighted by Gasteiger charge is 2.59. The molecule has 0 saturated heterocycles. The smallest absolute Gasteiger partial charge is 0.314 e. The molecule has 3 atom stereocenters. The fraction of sp³-hybridized carbons (Fsp3) is 0.500. The monoisotopic (exact) mass is 380 g/mol. The Morgan fingerprint density at radius 1 is 1.28 bits per heavy atom. The molecule has 1 aromatic rings. The molecule has 0 spiro atoms. The Hall–Kier alpha value is -1.96. The molecular formula is C16H16ClF3O5. The lowest BCUT2D eigenvalue weighted by Gasteiger charge is -2.46. The number of halogens is 4. The highest BCUT2D eigenvalue weighted by atomic mass is 35.5. The summed E-state index contributed by atoms with van der Waals surface area (Å²) in [5, 5.41) is 28.5. The minimum Gasteiger partial charge on any atom is -0.506 e. The minimum absolute atomic E-state index is 0.343. The Balaban J connectivity index is 2.65. The molecule has 138 valence electrons. The Kier molecular flexibility index (Phi) is 4.96. The molecule has 1 aliphatic carbocycles. The van der Waals surface area contributed by atoms with Crippen molar-refractivity contribution in [3.8, 4) is 5.75 Å². The molecule has 0 heterocycles. The Bertz CT molecular complexity index is 726. The number of aromatic hydroxyl groups is 1. The number of benzene rings is 1. The van der Waals surface area contributed by atoms with Crippen molar-refractivity contribution in [1.29, 1.82) is 0 Å². The van der Waals surface area contributed by atoms with Crippen molar-refractivity contribution in [2.45, 2.75) is 38.0 Å². The second-order valence-electron chi connectivity index (χ2n) is 6.55. The van der Waals surface area contributed by atoms with E-state index in [1.165, 1.54) is 0 Å². The molecule has 9 heteroatoms. The van der Waals surface area contributed by atoms with E-state index in [1.807, 2.05) is 0 Å². The van der Waals surface area contributed by atoms with Crippen molar-refractivity contribution in [3.63, 3.8) is 0 Å². The second kappa shape index (κ2) is 6.40. The van der Waals surface area contributed by atoms with Crippen LogP contribution < -0.4 is 0 Å². The quantitative estimate of drug-likeness (QED) is 0.741. The van der Waals surface area contributed by atoms with E-state index in [1.54, 1.807) is 0 Å². The van der Waals surface area contributed by atoms with E-state index >= 15 is 0 Å². The van der Waals surface area contributed by atoms with Crippen LogP contribution in [0.4, 0.5) is 13.2 Å². The van der Waals surface area contributed by atoms with Crippen molar-refractivity contribution < 1.29 is 38.1 Å². The zero-order chi connectivity index (χ0) is 19.2. The van der Waals surface area contributed by atoms with E-state index in [0.29, 0.717) is 6.07 Å². The number of alkyl halides is 2.